The van der Waals surface area contributed by atoms with Crippen LogP contribution >= 0.6 is 0 Å². The summed E-state index contributed by atoms with van der Waals surface area (Å²) in [6, 6.07) is 2.81. The Bertz CT molecular complexity index is 550. The molecule has 0 bridgehead atoms. The third-order valence-electron chi connectivity index (χ3n) is 2.99. The van der Waals surface area contributed by atoms with Gasteiger partial charge in [-0.2, -0.15) is 13.2 Å². The van der Waals surface area contributed by atoms with Crippen LogP contribution in [-0.4, -0.2) is 39.6 Å². The summed E-state index contributed by atoms with van der Waals surface area (Å²) < 4.78 is 49.3. The Morgan fingerprint density at radius 3 is 2.35 bits per heavy atom. The van der Waals surface area contributed by atoms with Crippen LogP contribution < -0.4 is 5.73 Å². The Morgan fingerprint density at radius 2 is 1.80 bits per heavy atom. The molecule has 1 amide bonds. The summed E-state index contributed by atoms with van der Waals surface area (Å²) in [6.45, 7) is 0.559. The number of carbonyl (C=O) groups excluding carboxylic acids is 1. The molecule has 0 radical (unpaired) electrons. The topological polar surface area (TPSA) is 63.4 Å². The van der Waals surface area contributed by atoms with Crippen molar-refractivity contribution >= 4 is 22.4 Å². The molecular formula is C12H13F3N2O2S. The highest BCUT2D eigenvalue weighted by atomic mass is 32.2. The van der Waals surface area contributed by atoms with Crippen molar-refractivity contribution in [1.29, 1.82) is 0 Å². The second-order valence-electron chi connectivity index (χ2n) is 4.48. The van der Waals surface area contributed by atoms with Crippen LogP contribution in [0.15, 0.2) is 18.2 Å². The zero-order chi connectivity index (χ0) is 14.9. The van der Waals surface area contributed by atoms with Crippen molar-refractivity contribution in [1.82, 2.24) is 4.90 Å². The van der Waals surface area contributed by atoms with Gasteiger partial charge in [0.25, 0.3) is 5.91 Å². The molecule has 1 aromatic rings. The van der Waals surface area contributed by atoms with E-state index < -0.39 is 28.4 Å². The first-order valence-corrected chi connectivity index (χ1v) is 7.38. The van der Waals surface area contributed by atoms with E-state index in [0.717, 1.165) is 12.1 Å². The molecule has 1 aromatic carbocycles. The number of anilines is 1. The predicted octanol–water partition coefficient (Wildman–Crippen LogP) is 1.49. The summed E-state index contributed by atoms with van der Waals surface area (Å²) in [4.78, 5) is 13.5. The zero-order valence-electron chi connectivity index (χ0n) is 10.4. The van der Waals surface area contributed by atoms with Crippen LogP contribution in [-0.2, 0) is 17.0 Å². The molecule has 1 saturated heterocycles. The number of alkyl halides is 3. The van der Waals surface area contributed by atoms with E-state index in [1.54, 1.807) is 0 Å². The number of nitrogen functional groups attached to an aromatic ring is 1. The lowest BCUT2D eigenvalue weighted by atomic mass is 10.1. The lowest BCUT2D eigenvalue weighted by Gasteiger charge is -2.26. The SMILES string of the molecule is Nc1cc(C(=O)N2CCS(=O)CC2)cc(C(F)(F)F)c1. The van der Waals surface area contributed by atoms with Gasteiger partial charge in [-0.3, -0.25) is 9.00 Å². The molecule has 0 atom stereocenters. The smallest absolute Gasteiger partial charge is 0.399 e. The van der Waals surface area contributed by atoms with Crippen LogP contribution in [0.5, 0.6) is 0 Å². The molecule has 20 heavy (non-hydrogen) atoms. The Labute approximate surface area is 116 Å². The summed E-state index contributed by atoms with van der Waals surface area (Å²) in [5, 5.41) is 0. The van der Waals surface area contributed by atoms with E-state index in [-0.39, 0.29) is 24.3 Å². The number of nitrogens with zero attached hydrogens (tertiary/aromatic N) is 1. The molecule has 1 heterocycles. The molecule has 2 rings (SSSR count). The Morgan fingerprint density at radius 1 is 1.20 bits per heavy atom. The molecule has 0 spiro atoms. The second kappa shape index (κ2) is 5.43. The van der Waals surface area contributed by atoms with E-state index in [1.165, 1.54) is 11.0 Å². The van der Waals surface area contributed by atoms with Crippen LogP contribution in [0, 0.1) is 0 Å². The maximum absolute atomic E-state index is 12.7. The fraction of sp³-hybridized carbons (Fsp3) is 0.417. The van der Waals surface area contributed by atoms with Gasteiger partial charge in [-0.05, 0) is 18.2 Å². The van der Waals surface area contributed by atoms with E-state index >= 15 is 0 Å². The van der Waals surface area contributed by atoms with Crippen LogP contribution in [0.3, 0.4) is 0 Å². The third kappa shape index (κ3) is 3.30. The first-order chi connectivity index (χ1) is 9.27. The second-order valence-corrected chi connectivity index (χ2v) is 6.18. The van der Waals surface area contributed by atoms with Crippen molar-refractivity contribution in [2.45, 2.75) is 6.18 Å². The van der Waals surface area contributed by atoms with Gasteiger partial charge < -0.3 is 10.6 Å². The van der Waals surface area contributed by atoms with Crippen LogP contribution in [0.4, 0.5) is 18.9 Å². The van der Waals surface area contributed by atoms with Gasteiger partial charge >= 0.3 is 6.18 Å². The number of hydrogen-bond acceptors (Lipinski definition) is 3. The molecule has 0 aromatic heterocycles. The van der Waals surface area contributed by atoms with Gasteiger partial charge in [0.2, 0.25) is 0 Å². The summed E-state index contributed by atoms with van der Waals surface area (Å²) in [7, 11) is -0.955. The fourth-order valence-corrected chi connectivity index (χ4v) is 3.01. The fourth-order valence-electron chi connectivity index (χ4n) is 1.96. The molecule has 2 N–H and O–H groups in total. The van der Waals surface area contributed by atoms with Crippen molar-refractivity contribution in [2.24, 2.45) is 0 Å². The number of benzene rings is 1. The molecular weight excluding hydrogens is 293 g/mol. The van der Waals surface area contributed by atoms with E-state index in [2.05, 4.69) is 0 Å². The van der Waals surface area contributed by atoms with E-state index in [0.29, 0.717) is 11.5 Å². The molecule has 0 aliphatic carbocycles. The number of nitrogens with two attached hydrogens (primary N) is 1. The number of amides is 1. The number of halogens is 3. The van der Waals surface area contributed by atoms with Gasteiger partial charge in [0.15, 0.2) is 0 Å². The average Bonchev–Trinajstić information content (AvgIpc) is 2.37. The zero-order valence-corrected chi connectivity index (χ0v) is 11.3. The van der Waals surface area contributed by atoms with Gasteiger partial charge in [0, 0.05) is 46.6 Å². The highest BCUT2D eigenvalue weighted by Crippen LogP contribution is 2.31. The minimum atomic E-state index is -4.55. The molecule has 1 aliphatic heterocycles. The molecule has 4 nitrogen and oxygen atoms in total. The maximum Gasteiger partial charge on any atom is 0.416 e. The monoisotopic (exact) mass is 306 g/mol. The third-order valence-corrected chi connectivity index (χ3v) is 4.27. The molecule has 1 aliphatic rings. The largest absolute Gasteiger partial charge is 0.416 e. The normalized spacial score (nSPS) is 17.2. The van der Waals surface area contributed by atoms with Gasteiger partial charge in [0.1, 0.15) is 0 Å². The molecule has 110 valence electrons. The van der Waals surface area contributed by atoms with Crippen molar-refractivity contribution in [3.8, 4) is 0 Å². The maximum atomic E-state index is 12.7. The van der Waals surface area contributed by atoms with Gasteiger partial charge in [-0.1, -0.05) is 0 Å². The van der Waals surface area contributed by atoms with Crippen molar-refractivity contribution < 1.29 is 22.2 Å². The molecule has 0 unspecified atom stereocenters. The number of rotatable bonds is 1. The quantitative estimate of drug-likeness (QED) is 0.800. The first kappa shape index (κ1) is 14.8. The van der Waals surface area contributed by atoms with Gasteiger partial charge in [-0.15, -0.1) is 0 Å². The van der Waals surface area contributed by atoms with Crippen LogP contribution in [0.25, 0.3) is 0 Å². The van der Waals surface area contributed by atoms with E-state index in [4.69, 9.17) is 5.73 Å². The summed E-state index contributed by atoms with van der Waals surface area (Å²) in [5.41, 5.74) is 4.28. The van der Waals surface area contributed by atoms with Crippen LogP contribution in [0.1, 0.15) is 15.9 Å². The number of carbonyl (C=O) groups is 1. The Balaban J connectivity index is 2.26. The van der Waals surface area contributed by atoms with Gasteiger partial charge in [0.05, 0.1) is 5.56 Å². The lowest BCUT2D eigenvalue weighted by Crippen LogP contribution is -2.41. The van der Waals surface area contributed by atoms with E-state index in [1.807, 2.05) is 0 Å². The highest BCUT2D eigenvalue weighted by Gasteiger charge is 2.32. The summed E-state index contributed by atoms with van der Waals surface area (Å²) in [6.07, 6.45) is -4.55. The Kier molecular flexibility index (Phi) is 4.03. The van der Waals surface area contributed by atoms with E-state index in [9.17, 15) is 22.2 Å². The van der Waals surface area contributed by atoms with Gasteiger partial charge in [-0.25, -0.2) is 0 Å². The average molecular weight is 306 g/mol. The predicted molar refractivity (Wildman–Crippen MR) is 69.6 cm³/mol. The van der Waals surface area contributed by atoms with Crippen molar-refractivity contribution in [2.75, 3.05) is 30.3 Å². The lowest BCUT2D eigenvalue weighted by molar-refractivity contribution is -0.137. The molecule has 1 fully saturated rings. The molecule has 0 saturated carbocycles. The Hall–Kier alpha value is -1.57. The van der Waals surface area contributed by atoms with Crippen molar-refractivity contribution in [3.05, 3.63) is 29.3 Å². The van der Waals surface area contributed by atoms with Crippen molar-refractivity contribution in [3.63, 3.8) is 0 Å². The highest BCUT2D eigenvalue weighted by molar-refractivity contribution is 7.85. The minimum Gasteiger partial charge on any atom is -0.399 e. The summed E-state index contributed by atoms with van der Waals surface area (Å²) >= 11 is 0. The first-order valence-electron chi connectivity index (χ1n) is 5.89. The van der Waals surface area contributed by atoms with Crippen LogP contribution in [0.2, 0.25) is 0 Å². The number of hydrogen-bond donors (Lipinski definition) is 1. The summed E-state index contributed by atoms with van der Waals surface area (Å²) in [5.74, 6) is 0.180. The minimum absolute atomic E-state index is 0.0926. The standard InChI is InChI=1S/C12H13F3N2O2S/c13-12(14,15)9-5-8(6-10(16)7-9)11(18)17-1-3-20(19)4-2-17/h5-7H,1-4,16H2. The molecule has 8 heteroatoms.